The maximum absolute atomic E-state index is 13.3. The number of aromatic nitrogens is 3. The van der Waals surface area contributed by atoms with E-state index in [1.54, 1.807) is 12.1 Å². The standard InChI is InChI=1S/C28H33N6O8P/c1-16-4-2-3-5-21(16)40-26(37)28(31)14-43(28,38)42-18-8-6-17(7-9-18)39-13-27(12-29)24(36)22(35)23(41-27)19-10-11-20-25(30)32-15-33-34(19)20/h6-11,15-16,21-24,35-36H,2-5,13-14,31H2,1H3,(H2,30,32,33)/t16?,21?,22-,23-,24-,27+,28?,43?/m0/s1. The van der Waals surface area contributed by atoms with E-state index in [0.717, 1.165) is 25.7 Å². The van der Waals surface area contributed by atoms with Crippen molar-refractivity contribution in [2.24, 2.45) is 11.7 Å². The Labute approximate surface area is 246 Å². The highest BCUT2D eigenvalue weighted by Gasteiger charge is 2.73. The van der Waals surface area contributed by atoms with Gasteiger partial charge >= 0.3 is 5.97 Å². The van der Waals surface area contributed by atoms with E-state index in [0.29, 0.717) is 11.2 Å². The lowest BCUT2D eigenvalue weighted by atomic mass is 9.88. The van der Waals surface area contributed by atoms with Gasteiger partial charge in [-0.25, -0.2) is 14.3 Å². The van der Waals surface area contributed by atoms with Gasteiger partial charge in [0, 0.05) is 0 Å². The molecule has 43 heavy (non-hydrogen) atoms. The molecule has 228 valence electrons. The number of aliphatic hydroxyl groups is 2. The average molecular weight is 613 g/mol. The van der Waals surface area contributed by atoms with Crippen molar-refractivity contribution in [3.8, 4) is 17.6 Å². The Morgan fingerprint density at radius 3 is 2.65 bits per heavy atom. The van der Waals surface area contributed by atoms with Gasteiger partial charge < -0.3 is 40.4 Å². The van der Waals surface area contributed by atoms with E-state index in [-0.39, 0.29) is 35.5 Å². The zero-order valence-corrected chi connectivity index (χ0v) is 24.3. The van der Waals surface area contributed by atoms with Crippen molar-refractivity contribution in [2.45, 2.75) is 67.9 Å². The Balaban J connectivity index is 1.09. The van der Waals surface area contributed by atoms with Crippen LogP contribution in [0.2, 0.25) is 0 Å². The van der Waals surface area contributed by atoms with Crippen molar-refractivity contribution >= 4 is 24.7 Å². The molecule has 3 fully saturated rings. The van der Waals surface area contributed by atoms with Crippen LogP contribution < -0.4 is 20.7 Å². The van der Waals surface area contributed by atoms with Gasteiger partial charge in [-0.3, -0.25) is 4.57 Å². The summed E-state index contributed by atoms with van der Waals surface area (Å²) in [4.78, 5) is 16.7. The molecule has 6 N–H and O–H groups in total. The first kappa shape index (κ1) is 29.3. The van der Waals surface area contributed by atoms with Crippen LogP contribution >= 0.6 is 7.37 Å². The lowest BCUT2D eigenvalue weighted by molar-refractivity contribution is -0.154. The second-order valence-electron chi connectivity index (χ2n) is 11.5. The summed E-state index contributed by atoms with van der Waals surface area (Å²) in [6.07, 6.45) is 0.509. The van der Waals surface area contributed by atoms with Crippen LogP contribution in [0.5, 0.6) is 11.5 Å². The molecule has 14 nitrogen and oxygen atoms in total. The highest BCUT2D eigenvalue weighted by Crippen LogP contribution is 2.73. The molecule has 1 aromatic carbocycles. The van der Waals surface area contributed by atoms with Crippen molar-refractivity contribution in [3.05, 3.63) is 48.4 Å². The Morgan fingerprint density at radius 1 is 1.21 bits per heavy atom. The van der Waals surface area contributed by atoms with Crippen LogP contribution in [0.4, 0.5) is 5.82 Å². The number of rotatable bonds is 8. The number of benzene rings is 1. The van der Waals surface area contributed by atoms with Gasteiger partial charge in [0.15, 0.2) is 5.82 Å². The second-order valence-corrected chi connectivity index (χ2v) is 14.1. The molecule has 1 saturated carbocycles. The Morgan fingerprint density at radius 2 is 1.93 bits per heavy atom. The van der Waals surface area contributed by atoms with E-state index < -0.39 is 49.1 Å². The third-order valence-electron chi connectivity index (χ3n) is 8.57. The van der Waals surface area contributed by atoms with E-state index in [2.05, 4.69) is 10.1 Å². The number of nitrogens with zero attached hydrogens (tertiary/aromatic N) is 4. The molecule has 3 aromatic rings. The number of ether oxygens (including phenoxy) is 3. The van der Waals surface area contributed by atoms with Gasteiger partial charge in [0.05, 0.1) is 11.9 Å². The number of fused-ring (bicyclic) bond motifs is 1. The summed E-state index contributed by atoms with van der Waals surface area (Å²) in [5, 5.41) is 34.1. The quantitative estimate of drug-likeness (QED) is 0.211. The van der Waals surface area contributed by atoms with E-state index in [1.165, 1.54) is 35.1 Å². The normalized spacial score (nSPS) is 35.3. The van der Waals surface area contributed by atoms with Crippen LogP contribution in [-0.4, -0.2) is 72.7 Å². The predicted octanol–water partition coefficient (Wildman–Crippen LogP) is 1.89. The highest BCUT2D eigenvalue weighted by molar-refractivity contribution is 7.70. The minimum Gasteiger partial charge on any atom is -0.489 e. The number of aliphatic hydroxyl groups excluding tert-OH is 2. The smallest absolute Gasteiger partial charge is 0.338 e. The fraction of sp³-hybridized carbons (Fsp3) is 0.500. The molecule has 4 unspecified atom stereocenters. The molecule has 0 radical (unpaired) electrons. The number of esters is 1. The average Bonchev–Trinajstić information content (AvgIpc) is 3.24. The zero-order chi connectivity index (χ0) is 30.6. The molecule has 15 heteroatoms. The minimum atomic E-state index is -3.51. The molecular formula is C28H33N6O8P. The van der Waals surface area contributed by atoms with Crippen molar-refractivity contribution < 1.29 is 38.3 Å². The number of carbonyl (C=O) groups is 1. The molecule has 1 aliphatic carbocycles. The lowest BCUT2D eigenvalue weighted by Gasteiger charge is -2.29. The summed E-state index contributed by atoms with van der Waals surface area (Å²) in [6.45, 7) is 1.61. The summed E-state index contributed by atoms with van der Waals surface area (Å²) in [7, 11) is -3.51. The van der Waals surface area contributed by atoms with Gasteiger partial charge in [0.1, 0.15) is 60.4 Å². The number of nitriles is 1. The van der Waals surface area contributed by atoms with Crippen LogP contribution in [0.1, 0.15) is 44.4 Å². The number of nitrogens with two attached hydrogens (primary N) is 2. The van der Waals surface area contributed by atoms with E-state index in [9.17, 15) is 24.8 Å². The largest absolute Gasteiger partial charge is 0.489 e. The topological polar surface area (TPSA) is 218 Å². The van der Waals surface area contributed by atoms with Crippen molar-refractivity contribution in [3.63, 3.8) is 0 Å². The molecule has 2 aliphatic heterocycles. The molecule has 2 aromatic heterocycles. The zero-order valence-electron chi connectivity index (χ0n) is 23.4. The third kappa shape index (κ3) is 5.01. The third-order valence-corrected chi connectivity index (χ3v) is 11.2. The highest BCUT2D eigenvalue weighted by atomic mass is 31.2. The fourth-order valence-corrected chi connectivity index (χ4v) is 7.79. The predicted molar refractivity (Wildman–Crippen MR) is 151 cm³/mol. The van der Waals surface area contributed by atoms with Gasteiger partial charge in [-0.2, -0.15) is 10.4 Å². The number of hydrogen-bond donors (Lipinski definition) is 4. The van der Waals surface area contributed by atoms with Crippen LogP contribution in [0.25, 0.3) is 5.52 Å². The maximum Gasteiger partial charge on any atom is 0.338 e. The van der Waals surface area contributed by atoms with E-state index >= 15 is 0 Å². The number of hydrogen-bond acceptors (Lipinski definition) is 13. The Bertz CT molecular complexity index is 1630. The fourth-order valence-electron chi connectivity index (χ4n) is 5.73. The number of anilines is 1. The van der Waals surface area contributed by atoms with Crippen LogP contribution in [0.15, 0.2) is 42.7 Å². The van der Waals surface area contributed by atoms with Gasteiger partial charge in [-0.15, -0.1) is 0 Å². The monoisotopic (exact) mass is 612 g/mol. The van der Waals surface area contributed by atoms with Crippen LogP contribution in [0, 0.1) is 17.2 Å². The second kappa shape index (κ2) is 10.8. The van der Waals surface area contributed by atoms with Crippen molar-refractivity contribution in [1.82, 2.24) is 14.6 Å². The lowest BCUT2D eigenvalue weighted by Crippen LogP contribution is -2.46. The molecule has 8 atom stereocenters. The molecule has 4 heterocycles. The molecule has 3 aliphatic rings. The summed E-state index contributed by atoms with van der Waals surface area (Å²) < 4.78 is 37.7. The summed E-state index contributed by atoms with van der Waals surface area (Å²) in [6, 6.07) is 11.2. The van der Waals surface area contributed by atoms with Crippen molar-refractivity contribution in [2.75, 3.05) is 18.5 Å². The SMILES string of the molecule is CC1CCCCC1OC(=O)C1(N)CP1(=O)Oc1ccc(OC[C@@]2(C#N)O[C@@H](c3ccc4c(N)ncnn34)[C@H](O)[C@@H]2O)cc1. The molecule has 2 saturated heterocycles. The molecule has 0 bridgehead atoms. The van der Waals surface area contributed by atoms with E-state index in [1.807, 2.05) is 13.0 Å². The Kier molecular flexibility index (Phi) is 7.35. The van der Waals surface area contributed by atoms with E-state index in [4.69, 9.17) is 30.2 Å². The molecule has 0 spiro atoms. The summed E-state index contributed by atoms with van der Waals surface area (Å²) in [5.74, 6) is 0.236. The first-order valence-corrected chi connectivity index (χ1v) is 15.9. The van der Waals surface area contributed by atoms with Gasteiger partial charge in [-0.1, -0.05) is 13.3 Å². The van der Waals surface area contributed by atoms with Gasteiger partial charge in [-0.05, 0) is 61.6 Å². The van der Waals surface area contributed by atoms with Crippen molar-refractivity contribution in [1.29, 1.82) is 5.26 Å². The minimum absolute atomic E-state index is 0.114. The number of carbonyl (C=O) groups excluding carboxylic acids is 1. The van der Waals surface area contributed by atoms with Gasteiger partial charge in [0.25, 0.3) is 7.37 Å². The summed E-state index contributed by atoms with van der Waals surface area (Å²) >= 11 is 0. The first-order valence-electron chi connectivity index (χ1n) is 14.1. The number of nitrogen functional groups attached to an aromatic ring is 1. The molecule has 6 rings (SSSR count). The first-order chi connectivity index (χ1) is 20.5. The van der Waals surface area contributed by atoms with Crippen LogP contribution in [-0.2, 0) is 18.8 Å². The summed E-state index contributed by atoms with van der Waals surface area (Å²) in [5.41, 5.74) is 11.0. The Hall–Kier alpha value is -3.73. The van der Waals surface area contributed by atoms with Crippen LogP contribution in [0.3, 0.4) is 0 Å². The molecular weight excluding hydrogens is 579 g/mol. The maximum atomic E-state index is 13.3. The molecule has 0 amide bonds. The van der Waals surface area contributed by atoms with Gasteiger partial charge in [0.2, 0.25) is 10.9 Å².